The number of hydrogen-bond donors (Lipinski definition) is 2. The van der Waals surface area contributed by atoms with Crippen LogP contribution in [0.25, 0.3) is 11.1 Å². The minimum Gasteiger partial charge on any atom is -0.393 e. The van der Waals surface area contributed by atoms with E-state index in [-0.39, 0.29) is 34.0 Å². The molecule has 0 bridgehead atoms. The van der Waals surface area contributed by atoms with Gasteiger partial charge in [0.15, 0.2) is 16.8 Å². The van der Waals surface area contributed by atoms with E-state index in [1.165, 1.54) is 18.6 Å². The Balaban J connectivity index is 1.56. The fourth-order valence-corrected chi connectivity index (χ4v) is 4.86. The highest BCUT2D eigenvalue weighted by Gasteiger charge is 2.30. The smallest absolute Gasteiger partial charge is 0.159 e. The van der Waals surface area contributed by atoms with Crippen LogP contribution in [0.1, 0.15) is 6.42 Å². The number of likely N-dealkylation sites (N-methyl/N-ethyl adjacent to an activating group) is 1. The van der Waals surface area contributed by atoms with Crippen LogP contribution in [0.3, 0.4) is 0 Å². The van der Waals surface area contributed by atoms with Gasteiger partial charge in [0.1, 0.15) is 29.3 Å². The fraction of sp³-hybridized carbons (Fsp3) is 0.400. The van der Waals surface area contributed by atoms with Gasteiger partial charge in [-0.15, -0.1) is 0 Å². The predicted octanol–water partition coefficient (Wildman–Crippen LogP) is 3.77. The van der Waals surface area contributed by atoms with E-state index in [1.807, 2.05) is 19.0 Å². The van der Waals surface area contributed by atoms with Crippen molar-refractivity contribution in [2.75, 3.05) is 74.3 Å². The number of nitrogen functional groups attached to an aromatic ring is 1. The van der Waals surface area contributed by atoms with Gasteiger partial charge in [0.05, 0.1) is 24.5 Å². The number of pyridine rings is 1. The number of morpholine rings is 1. The number of anilines is 5. The Morgan fingerprint density at radius 1 is 1.11 bits per heavy atom. The monoisotopic (exact) mass is 530 g/mol. The van der Waals surface area contributed by atoms with E-state index in [9.17, 15) is 0 Å². The molecule has 0 saturated carbocycles. The van der Waals surface area contributed by atoms with Gasteiger partial charge in [-0.2, -0.15) is 0 Å². The van der Waals surface area contributed by atoms with Crippen LogP contribution in [-0.2, 0) is 4.74 Å². The van der Waals surface area contributed by atoms with Crippen molar-refractivity contribution >= 4 is 40.3 Å². The van der Waals surface area contributed by atoms with Gasteiger partial charge in [-0.3, -0.25) is 0 Å². The lowest BCUT2D eigenvalue weighted by Crippen LogP contribution is -2.36. The van der Waals surface area contributed by atoms with Gasteiger partial charge < -0.3 is 30.5 Å². The largest absolute Gasteiger partial charge is 0.393 e. The highest BCUT2D eigenvalue weighted by Crippen LogP contribution is 2.41. The molecule has 5 rings (SSSR count). The van der Waals surface area contributed by atoms with Gasteiger partial charge in [-0.05, 0) is 32.6 Å². The van der Waals surface area contributed by atoms with Crippen molar-refractivity contribution in [2.24, 2.45) is 0 Å². The zero-order valence-electron chi connectivity index (χ0n) is 20.7. The second-order valence-corrected chi connectivity index (χ2v) is 9.71. The summed E-state index contributed by atoms with van der Waals surface area (Å²) >= 11 is 6.07. The summed E-state index contributed by atoms with van der Waals surface area (Å²) in [6, 6.07) is 5.06. The van der Waals surface area contributed by atoms with Crippen LogP contribution in [0.15, 0.2) is 30.7 Å². The summed E-state index contributed by atoms with van der Waals surface area (Å²) in [5.41, 5.74) is 6.71. The van der Waals surface area contributed by atoms with E-state index in [2.05, 4.69) is 30.1 Å². The number of nitrogens with two attached hydrogens (primary N) is 1. The van der Waals surface area contributed by atoms with Crippen molar-refractivity contribution < 1.29 is 13.5 Å². The molecule has 2 fully saturated rings. The Morgan fingerprint density at radius 2 is 1.89 bits per heavy atom. The van der Waals surface area contributed by atoms with E-state index in [4.69, 9.17) is 22.1 Å². The van der Waals surface area contributed by atoms with E-state index in [1.54, 1.807) is 12.1 Å². The summed E-state index contributed by atoms with van der Waals surface area (Å²) in [5.74, 6) is -0.570. The van der Waals surface area contributed by atoms with Crippen LogP contribution in [0.5, 0.6) is 0 Å². The minimum absolute atomic E-state index is 0.0403. The summed E-state index contributed by atoms with van der Waals surface area (Å²) in [4.78, 5) is 18.6. The van der Waals surface area contributed by atoms with Gasteiger partial charge in [-0.1, -0.05) is 11.6 Å². The Hall–Kier alpha value is -3.28. The van der Waals surface area contributed by atoms with Crippen LogP contribution < -0.4 is 20.9 Å². The molecular formula is C25H29ClF2N8O. The maximum atomic E-state index is 16.3. The van der Waals surface area contributed by atoms with Gasteiger partial charge in [-0.25, -0.2) is 23.7 Å². The third kappa shape index (κ3) is 5.11. The third-order valence-corrected chi connectivity index (χ3v) is 7.18. The SMILES string of the molecule is CN(C)[C@@H]1CCN(c2cc(F)c(-c3ccc(N4CCOCC4)nc3)c(F)c2Nc2ncnc(Cl)c2N)C1. The average Bonchev–Trinajstić information content (AvgIpc) is 3.40. The van der Waals surface area contributed by atoms with Crippen LogP contribution in [0, 0.1) is 11.6 Å². The number of benzene rings is 1. The van der Waals surface area contributed by atoms with E-state index in [0.717, 1.165) is 12.2 Å². The minimum atomic E-state index is -0.765. The lowest BCUT2D eigenvalue weighted by atomic mass is 10.0. The fourth-order valence-electron chi connectivity index (χ4n) is 4.73. The molecule has 12 heteroatoms. The van der Waals surface area contributed by atoms with Crippen molar-refractivity contribution in [3.8, 4) is 11.1 Å². The van der Waals surface area contributed by atoms with Crippen LogP contribution in [0.2, 0.25) is 5.15 Å². The van der Waals surface area contributed by atoms with E-state index >= 15 is 8.78 Å². The van der Waals surface area contributed by atoms with Crippen LogP contribution in [-0.4, -0.2) is 79.4 Å². The summed E-state index contributed by atoms with van der Waals surface area (Å²) in [6.07, 6.45) is 3.59. The molecule has 0 aliphatic carbocycles. The predicted molar refractivity (Wildman–Crippen MR) is 142 cm³/mol. The summed E-state index contributed by atoms with van der Waals surface area (Å²) < 4.78 is 37.2. The molecule has 9 nitrogen and oxygen atoms in total. The van der Waals surface area contributed by atoms with Crippen molar-refractivity contribution in [3.05, 3.63) is 47.5 Å². The molecule has 2 aromatic heterocycles. The molecule has 4 heterocycles. The maximum Gasteiger partial charge on any atom is 0.159 e. The molecule has 1 atom stereocenters. The second-order valence-electron chi connectivity index (χ2n) is 9.35. The molecule has 0 spiro atoms. The molecule has 0 amide bonds. The van der Waals surface area contributed by atoms with Crippen molar-refractivity contribution in [1.29, 1.82) is 0 Å². The third-order valence-electron chi connectivity index (χ3n) is 6.88. The molecule has 3 aromatic rings. The first-order valence-corrected chi connectivity index (χ1v) is 12.5. The number of nitrogens with one attached hydrogen (secondary N) is 1. The highest BCUT2D eigenvalue weighted by molar-refractivity contribution is 6.32. The zero-order chi connectivity index (χ0) is 26.1. The summed E-state index contributed by atoms with van der Waals surface area (Å²) in [5, 5.41) is 3.01. The standard InChI is InChI=1S/C25H29ClF2N8O/c1-34(2)16-5-6-36(13-16)18-11-17(27)20(15-3-4-19(30-12-15)35-7-9-37-10-8-35)21(28)23(18)33-25-22(29)24(26)31-14-32-25/h3-4,11-12,14,16H,5-10,13,29H2,1-2H3,(H,31,32,33)/t16-/m1/s1. The number of hydrogen-bond acceptors (Lipinski definition) is 9. The van der Waals surface area contributed by atoms with Gasteiger partial charge >= 0.3 is 0 Å². The van der Waals surface area contributed by atoms with Crippen LogP contribution >= 0.6 is 11.6 Å². The lowest BCUT2D eigenvalue weighted by Gasteiger charge is -2.28. The molecule has 1 aromatic carbocycles. The Morgan fingerprint density at radius 3 is 2.57 bits per heavy atom. The number of halogens is 3. The van der Waals surface area contributed by atoms with E-state index in [0.29, 0.717) is 50.6 Å². The number of rotatable bonds is 6. The number of nitrogens with zero attached hydrogens (tertiary/aromatic N) is 6. The lowest BCUT2D eigenvalue weighted by molar-refractivity contribution is 0.122. The number of ether oxygens (including phenoxy) is 1. The first kappa shape index (κ1) is 25.4. The Kier molecular flexibility index (Phi) is 7.27. The topological polar surface area (TPSA) is 95.7 Å². The Bertz CT molecular complexity index is 1270. The molecule has 196 valence electrons. The van der Waals surface area contributed by atoms with E-state index < -0.39 is 11.6 Å². The first-order valence-electron chi connectivity index (χ1n) is 12.1. The molecule has 3 N–H and O–H groups in total. The quantitative estimate of drug-likeness (QED) is 0.462. The van der Waals surface area contributed by atoms with Crippen LogP contribution in [0.4, 0.5) is 37.5 Å². The average molecular weight is 531 g/mol. The molecule has 0 unspecified atom stereocenters. The Labute approximate surface area is 219 Å². The van der Waals surface area contributed by atoms with Gasteiger partial charge in [0.25, 0.3) is 0 Å². The first-order chi connectivity index (χ1) is 17.8. The second kappa shape index (κ2) is 10.6. The summed E-state index contributed by atoms with van der Waals surface area (Å²) in [6.45, 7) is 3.92. The molecule has 37 heavy (non-hydrogen) atoms. The molecule has 2 aliphatic heterocycles. The molecular weight excluding hydrogens is 502 g/mol. The summed E-state index contributed by atoms with van der Waals surface area (Å²) in [7, 11) is 3.99. The molecule has 2 saturated heterocycles. The van der Waals surface area contributed by atoms with Gasteiger partial charge in [0.2, 0.25) is 0 Å². The molecule has 0 radical (unpaired) electrons. The van der Waals surface area contributed by atoms with Gasteiger partial charge in [0, 0.05) is 50.0 Å². The molecule has 2 aliphatic rings. The van der Waals surface area contributed by atoms with Crippen molar-refractivity contribution in [2.45, 2.75) is 12.5 Å². The van der Waals surface area contributed by atoms with Crippen molar-refractivity contribution in [3.63, 3.8) is 0 Å². The number of aromatic nitrogens is 3. The zero-order valence-corrected chi connectivity index (χ0v) is 21.5. The normalized spacial score (nSPS) is 18.1. The van der Waals surface area contributed by atoms with Crippen molar-refractivity contribution in [1.82, 2.24) is 19.9 Å². The maximum absolute atomic E-state index is 16.3. The highest BCUT2D eigenvalue weighted by atomic mass is 35.5.